The minimum absolute atomic E-state index is 0.471. The highest BCUT2D eigenvalue weighted by atomic mass is 79.9. The molecule has 6 heteroatoms. The van der Waals surface area contributed by atoms with E-state index in [1.165, 1.54) is 5.69 Å². The van der Waals surface area contributed by atoms with Gasteiger partial charge in [0.05, 0.1) is 29.1 Å². The predicted octanol–water partition coefficient (Wildman–Crippen LogP) is 3.80. The molecule has 0 radical (unpaired) electrons. The van der Waals surface area contributed by atoms with Crippen LogP contribution in [-0.4, -0.2) is 32.8 Å². The van der Waals surface area contributed by atoms with Gasteiger partial charge >= 0.3 is 0 Å². The summed E-state index contributed by atoms with van der Waals surface area (Å²) in [5.74, 6) is 0. The number of aryl methyl sites for hydroxylation is 1. The number of nitrogens with one attached hydrogen (secondary N) is 1. The smallest absolute Gasteiger partial charge is 0.104 e. The van der Waals surface area contributed by atoms with Crippen LogP contribution in [0.5, 0.6) is 0 Å². The van der Waals surface area contributed by atoms with Crippen molar-refractivity contribution in [2.45, 2.75) is 32.7 Å². The van der Waals surface area contributed by atoms with E-state index in [1.54, 1.807) is 0 Å². The summed E-state index contributed by atoms with van der Waals surface area (Å²) < 4.78 is 3.16. The summed E-state index contributed by atoms with van der Waals surface area (Å²) in [6.45, 7) is 6.32. The first-order valence-electron chi connectivity index (χ1n) is 8.33. The molecule has 0 atom stereocenters. The van der Waals surface area contributed by atoms with E-state index in [-0.39, 0.29) is 0 Å². The Labute approximate surface area is 149 Å². The van der Waals surface area contributed by atoms with Crippen molar-refractivity contribution in [3.05, 3.63) is 40.3 Å². The van der Waals surface area contributed by atoms with E-state index < -0.39 is 0 Å². The van der Waals surface area contributed by atoms with Crippen LogP contribution in [0.3, 0.4) is 0 Å². The Kier molecular flexibility index (Phi) is 4.10. The largest absolute Gasteiger partial charge is 0.317 e. The van der Waals surface area contributed by atoms with Crippen LogP contribution in [0.15, 0.2) is 28.9 Å². The first kappa shape index (κ1) is 15.7. The molecule has 124 valence electrons. The monoisotopic (exact) mass is 385 g/mol. The zero-order chi connectivity index (χ0) is 16.7. The second kappa shape index (κ2) is 6.26. The van der Waals surface area contributed by atoms with Crippen molar-refractivity contribution in [1.29, 1.82) is 0 Å². The van der Waals surface area contributed by atoms with Crippen LogP contribution in [-0.2, 0) is 0 Å². The van der Waals surface area contributed by atoms with Crippen LogP contribution in [0.1, 0.15) is 30.3 Å². The number of rotatable bonds is 2. The standard InChI is InChI=1S/C18H20BrN5/c1-11-17(12(2)24(23-11)13-6-8-20-9-7-13)16-10-21-15-5-3-4-14(19)18(15)22-16/h3-5,10,13,20H,6-9H2,1-2H3. The molecule has 1 N–H and O–H groups in total. The molecule has 1 aromatic carbocycles. The molecule has 0 amide bonds. The molecule has 0 unspecified atom stereocenters. The fourth-order valence-corrected chi connectivity index (χ4v) is 4.00. The Hall–Kier alpha value is -1.79. The fraction of sp³-hybridized carbons (Fsp3) is 0.389. The van der Waals surface area contributed by atoms with E-state index in [4.69, 9.17) is 10.1 Å². The van der Waals surface area contributed by atoms with Crippen molar-refractivity contribution >= 4 is 27.0 Å². The van der Waals surface area contributed by atoms with Crippen LogP contribution in [0, 0.1) is 13.8 Å². The maximum atomic E-state index is 4.85. The van der Waals surface area contributed by atoms with Crippen molar-refractivity contribution < 1.29 is 0 Å². The maximum Gasteiger partial charge on any atom is 0.104 e. The Balaban J connectivity index is 1.82. The number of hydrogen-bond donors (Lipinski definition) is 1. The van der Waals surface area contributed by atoms with Gasteiger partial charge in [0, 0.05) is 15.7 Å². The third-order valence-corrected chi connectivity index (χ3v) is 5.40. The molecule has 0 bridgehead atoms. The zero-order valence-corrected chi connectivity index (χ0v) is 15.5. The molecule has 3 aromatic rings. The summed E-state index contributed by atoms with van der Waals surface area (Å²) in [6, 6.07) is 6.43. The number of hydrogen-bond acceptors (Lipinski definition) is 4. The molecule has 0 aliphatic carbocycles. The van der Waals surface area contributed by atoms with Gasteiger partial charge in [-0.25, -0.2) is 4.98 Å². The fourth-order valence-electron chi connectivity index (χ4n) is 3.56. The molecule has 2 aromatic heterocycles. The van der Waals surface area contributed by atoms with E-state index in [2.05, 4.69) is 44.8 Å². The van der Waals surface area contributed by atoms with Gasteiger partial charge in [-0.2, -0.15) is 5.10 Å². The maximum absolute atomic E-state index is 4.85. The average Bonchev–Trinajstić information content (AvgIpc) is 2.90. The van der Waals surface area contributed by atoms with Crippen LogP contribution in [0.2, 0.25) is 0 Å². The van der Waals surface area contributed by atoms with Crippen molar-refractivity contribution in [2.24, 2.45) is 0 Å². The molecule has 1 aliphatic heterocycles. The summed E-state index contributed by atoms with van der Waals surface area (Å²) in [4.78, 5) is 9.43. The Bertz CT molecular complexity index is 896. The lowest BCUT2D eigenvalue weighted by atomic mass is 10.1. The van der Waals surface area contributed by atoms with Crippen molar-refractivity contribution in [1.82, 2.24) is 25.1 Å². The third kappa shape index (κ3) is 2.63. The third-order valence-electron chi connectivity index (χ3n) is 4.76. The highest BCUT2D eigenvalue weighted by molar-refractivity contribution is 9.10. The van der Waals surface area contributed by atoms with Gasteiger partial charge in [-0.1, -0.05) is 6.07 Å². The van der Waals surface area contributed by atoms with Crippen molar-refractivity contribution in [3.8, 4) is 11.3 Å². The van der Waals surface area contributed by atoms with Gasteiger partial charge in [-0.15, -0.1) is 0 Å². The molecule has 4 rings (SSSR count). The Morgan fingerprint density at radius 1 is 1.21 bits per heavy atom. The summed E-state index contributed by atoms with van der Waals surface area (Å²) >= 11 is 3.58. The average molecular weight is 386 g/mol. The second-order valence-electron chi connectivity index (χ2n) is 6.33. The number of fused-ring (bicyclic) bond motifs is 1. The molecule has 1 fully saturated rings. The van der Waals surface area contributed by atoms with Crippen LogP contribution in [0.25, 0.3) is 22.3 Å². The van der Waals surface area contributed by atoms with E-state index in [9.17, 15) is 0 Å². The van der Waals surface area contributed by atoms with Gasteiger partial charge in [0.15, 0.2) is 0 Å². The molecule has 3 heterocycles. The highest BCUT2D eigenvalue weighted by Gasteiger charge is 2.22. The molecule has 24 heavy (non-hydrogen) atoms. The number of nitrogens with zero attached hydrogens (tertiary/aromatic N) is 4. The molecule has 1 saturated heterocycles. The SMILES string of the molecule is Cc1nn(C2CCNCC2)c(C)c1-c1cnc2cccc(Br)c2n1. The summed E-state index contributed by atoms with van der Waals surface area (Å²) in [5.41, 5.74) is 5.99. The molecular weight excluding hydrogens is 366 g/mol. The van der Waals surface area contributed by atoms with Crippen molar-refractivity contribution in [2.75, 3.05) is 13.1 Å². The Morgan fingerprint density at radius 2 is 2.00 bits per heavy atom. The predicted molar refractivity (Wildman–Crippen MR) is 99.1 cm³/mol. The van der Waals surface area contributed by atoms with Crippen molar-refractivity contribution in [3.63, 3.8) is 0 Å². The summed E-state index contributed by atoms with van der Waals surface area (Å²) in [6.07, 6.45) is 4.10. The van der Waals surface area contributed by atoms with E-state index >= 15 is 0 Å². The van der Waals surface area contributed by atoms with Gasteiger partial charge in [0.1, 0.15) is 5.52 Å². The number of para-hydroxylation sites is 1. The van der Waals surface area contributed by atoms with Gasteiger partial charge in [0.2, 0.25) is 0 Å². The minimum atomic E-state index is 0.471. The van der Waals surface area contributed by atoms with Gasteiger partial charge in [-0.3, -0.25) is 9.67 Å². The van der Waals surface area contributed by atoms with Crippen LogP contribution >= 0.6 is 15.9 Å². The van der Waals surface area contributed by atoms with Crippen LogP contribution in [0.4, 0.5) is 0 Å². The number of benzene rings is 1. The normalized spacial score (nSPS) is 16.0. The van der Waals surface area contributed by atoms with E-state index in [1.807, 2.05) is 24.4 Å². The van der Waals surface area contributed by atoms with Gasteiger partial charge in [0.25, 0.3) is 0 Å². The quantitative estimate of drug-likeness (QED) is 0.728. The molecular formula is C18H20BrN5. The number of aromatic nitrogens is 4. The summed E-state index contributed by atoms with van der Waals surface area (Å²) in [7, 11) is 0. The minimum Gasteiger partial charge on any atom is -0.317 e. The topological polar surface area (TPSA) is 55.6 Å². The summed E-state index contributed by atoms with van der Waals surface area (Å²) in [5, 5.41) is 8.24. The Morgan fingerprint density at radius 3 is 2.79 bits per heavy atom. The molecule has 0 saturated carbocycles. The number of halogens is 1. The van der Waals surface area contributed by atoms with Crippen LogP contribution < -0.4 is 5.32 Å². The van der Waals surface area contributed by atoms with Gasteiger partial charge in [-0.05, 0) is 67.8 Å². The van der Waals surface area contributed by atoms with Gasteiger partial charge < -0.3 is 5.32 Å². The lowest BCUT2D eigenvalue weighted by Gasteiger charge is -2.24. The molecule has 0 spiro atoms. The lowest BCUT2D eigenvalue weighted by Crippen LogP contribution is -2.30. The number of piperidine rings is 1. The highest BCUT2D eigenvalue weighted by Crippen LogP contribution is 2.31. The molecule has 1 aliphatic rings. The zero-order valence-electron chi connectivity index (χ0n) is 13.9. The van der Waals surface area contributed by atoms with E-state index in [0.717, 1.165) is 58.4 Å². The first-order chi connectivity index (χ1) is 11.6. The second-order valence-corrected chi connectivity index (χ2v) is 7.19. The lowest BCUT2D eigenvalue weighted by molar-refractivity contribution is 0.337. The first-order valence-corrected chi connectivity index (χ1v) is 9.12. The van der Waals surface area contributed by atoms with E-state index in [0.29, 0.717) is 6.04 Å². The molecule has 5 nitrogen and oxygen atoms in total.